The molecule has 0 amide bonds. The maximum atomic E-state index is 13.4. The van der Waals surface area contributed by atoms with Crippen LogP contribution >= 0.6 is 0 Å². The van der Waals surface area contributed by atoms with E-state index in [1.54, 1.807) is 36.4 Å². The van der Waals surface area contributed by atoms with E-state index >= 15 is 0 Å². The van der Waals surface area contributed by atoms with Gasteiger partial charge in [-0.2, -0.15) is 13.2 Å². The van der Waals surface area contributed by atoms with E-state index in [1.807, 2.05) is 24.3 Å². The van der Waals surface area contributed by atoms with Crippen molar-refractivity contribution in [2.75, 3.05) is 23.3 Å². The Morgan fingerprint density at radius 3 is 2.20 bits per heavy atom. The van der Waals surface area contributed by atoms with E-state index < -0.39 is 23.3 Å². The maximum absolute atomic E-state index is 13.4. The Balaban J connectivity index is 1.43. The standard InChI is InChI=1S/C37H37F3N2O3/c1-3-5-9-20-42(21-10-6-4-2)28-17-18-31-34(24-28)44-33-19-16-27(41-26-13-11-12-25(22-26)37(38,39)40)23-32(33)36(31)30-15-8-7-14-29(30)35(43)45-36/h7-8,11-19,22-24,41H,3-6,9-10,20-21H2,1-2H3. The lowest BCUT2D eigenvalue weighted by Crippen LogP contribution is -2.33. The second-order valence-electron chi connectivity index (χ2n) is 11.7. The number of unbranched alkanes of at least 4 members (excludes halogenated alkanes) is 4. The van der Waals surface area contributed by atoms with E-state index in [2.05, 4.69) is 30.1 Å². The number of ether oxygens (including phenoxy) is 2. The summed E-state index contributed by atoms with van der Waals surface area (Å²) in [5, 5.41) is 3.10. The van der Waals surface area contributed by atoms with Crippen LogP contribution in [0.3, 0.4) is 0 Å². The van der Waals surface area contributed by atoms with Crippen LogP contribution < -0.4 is 15.0 Å². The summed E-state index contributed by atoms with van der Waals surface area (Å²) >= 11 is 0. The molecule has 1 N–H and O–H groups in total. The van der Waals surface area contributed by atoms with Crippen molar-refractivity contribution in [1.29, 1.82) is 0 Å². The van der Waals surface area contributed by atoms with Gasteiger partial charge in [-0.05, 0) is 67.4 Å². The molecule has 234 valence electrons. The highest BCUT2D eigenvalue weighted by atomic mass is 19.4. The van der Waals surface area contributed by atoms with E-state index in [9.17, 15) is 18.0 Å². The van der Waals surface area contributed by atoms with Crippen molar-refractivity contribution in [2.24, 2.45) is 0 Å². The van der Waals surface area contributed by atoms with E-state index in [0.29, 0.717) is 39.4 Å². The minimum atomic E-state index is -4.46. The van der Waals surface area contributed by atoms with Crippen molar-refractivity contribution >= 4 is 23.0 Å². The maximum Gasteiger partial charge on any atom is 0.416 e. The second-order valence-corrected chi connectivity index (χ2v) is 11.7. The number of alkyl halides is 3. The summed E-state index contributed by atoms with van der Waals surface area (Å²) in [6, 6.07) is 23.8. The largest absolute Gasteiger partial charge is 0.456 e. The van der Waals surface area contributed by atoms with Crippen molar-refractivity contribution in [3.63, 3.8) is 0 Å². The third-order valence-electron chi connectivity index (χ3n) is 8.60. The van der Waals surface area contributed by atoms with Crippen LogP contribution in [-0.4, -0.2) is 19.1 Å². The summed E-state index contributed by atoms with van der Waals surface area (Å²) in [6.45, 7) is 6.29. The molecule has 0 saturated heterocycles. The van der Waals surface area contributed by atoms with Gasteiger partial charge in [0, 0.05) is 52.9 Å². The number of halogens is 3. The molecule has 4 aromatic rings. The van der Waals surface area contributed by atoms with Gasteiger partial charge >= 0.3 is 12.1 Å². The number of carbonyl (C=O) groups excluding carboxylic acids is 1. The number of carbonyl (C=O) groups is 1. The first-order valence-corrected chi connectivity index (χ1v) is 15.7. The lowest BCUT2D eigenvalue weighted by molar-refractivity contribution is -0.137. The first kappa shape index (κ1) is 30.6. The van der Waals surface area contributed by atoms with Crippen LogP contribution in [0, 0.1) is 0 Å². The summed E-state index contributed by atoms with van der Waals surface area (Å²) < 4.78 is 53.0. The Morgan fingerprint density at radius 1 is 0.733 bits per heavy atom. The van der Waals surface area contributed by atoms with Crippen LogP contribution in [0.1, 0.15) is 85.0 Å². The number of nitrogens with zero attached hydrogens (tertiary/aromatic N) is 1. The normalized spacial score (nSPS) is 16.4. The smallest absolute Gasteiger partial charge is 0.416 e. The molecular formula is C37H37F3N2O3. The fourth-order valence-electron chi connectivity index (χ4n) is 6.35. The van der Waals surface area contributed by atoms with Crippen molar-refractivity contribution in [3.05, 3.63) is 113 Å². The van der Waals surface area contributed by atoms with Gasteiger partial charge in [0.15, 0.2) is 5.60 Å². The molecule has 0 bridgehead atoms. The van der Waals surface area contributed by atoms with Gasteiger partial charge in [-0.15, -0.1) is 0 Å². The zero-order valence-electron chi connectivity index (χ0n) is 25.5. The van der Waals surface area contributed by atoms with Gasteiger partial charge in [0.25, 0.3) is 0 Å². The molecular weight excluding hydrogens is 577 g/mol. The average molecular weight is 615 g/mol. The lowest BCUT2D eigenvalue weighted by atomic mass is 9.77. The summed E-state index contributed by atoms with van der Waals surface area (Å²) in [7, 11) is 0. The highest BCUT2D eigenvalue weighted by Crippen LogP contribution is 2.57. The van der Waals surface area contributed by atoms with Crippen LogP contribution in [-0.2, 0) is 16.5 Å². The number of fused-ring (bicyclic) bond motifs is 6. The van der Waals surface area contributed by atoms with Gasteiger partial charge < -0.3 is 19.7 Å². The van der Waals surface area contributed by atoms with Crippen molar-refractivity contribution in [2.45, 2.75) is 64.1 Å². The quantitative estimate of drug-likeness (QED) is 0.135. The number of hydrogen-bond donors (Lipinski definition) is 1. The number of benzene rings is 4. The summed E-state index contributed by atoms with van der Waals surface area (Å²) in [5.74, 6) is 0.687. The van der Waals surface area contributed by atoms with Crippen LogP contribution in [0.5, 0.6) is 11.5 Å². The molecule has 1 spiro atoms. The van der Waals surface area contributed by atoms with Gasteiger partial charge in [0.1, 0.15) is 11.5 Å². The number of rotatable bonds is 11. The Bertz CT molecular complexity index is 1690. The predicted molar refractivity (Wildman–Crippen MR) is 171 cm³/mol. The van der Waals surface area contributed by atoms with E-state index in [0.717, 1.165) is 69.4 Å². The Kier molecular flexibility index (Phi) is 8.49. The SMILES string of the molecule is CCCCCN(CCCCC)c1ccc2c(c1)Oc1ccc(Nc3cccc(C(F)(F)F)c3)cc1C21OC(=O)c2ccccc21. The molecule has 2 aliphatic heterocycles. The molecule has 6 rings (SSSR count). The van der Waals surface area contributed by atoms with Gasteiger partial charge in [-0.1, -0.05) is 63.8 Å². The molecule has 0 fully saturated rings. The van der Waals surface area contributed by atoms with Crippen LogP contribution in [0.2, 0.25) is 0 Å². The van der Waals surface area contributed by atoms with Crippen LogP contribution in [0.25, 0.3) is 0 Å². The first-order chi connectivity index (χ1) is 21.7. The molecule has 8 heteroatoms. The van der Waals surface area contributed by atoms with Gasteiger partial charge in [0.05, 0.1) is 11.1 Å². The van der Waals surface area contributed by atoms with Crippen LogP contribution in [0.4, 0.5) is 30.2 Å². The molecule has 1 unspecified atom stereocenters. The zero-order valence-corrected chi connectivity index (χ0v) is 25.5. The molecule has 45 heavy (non-hydrogen) atoms. The molecule has 0 radical (unpaired) electrons. The molecule has 5 nitrogen and oxygen atoms in total. The first-order valence-electron chi connectivity index (χ1n) is 15.7. The number of hydrogen-bond acceptors (Lipinski definition) is 5. The third kappa shape index (κ3) is 5.86. The number of anilines is 3. The van der Waals surface area contributed by atoms with Gasteiger partial charge in [-0.25, -0.2) is 4.79 Å². The fourth-order valence-corrected chi connectivity index (χ4v) is 6.35. The number of nitrogens with one attached hydrogen (secondary N) is 1. The molecule has 4 aromatic carbocycles. The van der Waals surface area contributed by atoms with Crippen molar-refractivity contribution < 1.29 is 27.4 Å². The topological polar surface area (TPSA) is 50.8 Å². The monoisotopic (exact) mass is 614 g/mol. The third-order valence-corrected chi connectivity index (χ3v) is 8.60. The molecule has 2 aliphatic rings. The highest BCUT2D eigenvalue weighted by Gasteiger charge is 2.53. The average Bonchev–Trinajstić information content (AvgIpc) is 3.33. The Morgan fingerprint density at radius 2 is 1.47 bits per heavy atom. The van der Waals surface area contributed by atoms with Crippen molar-refractivity contribution in [1.82, 2.24) is 0 Å². The van der Waals surface area contributed by atoms with Crippen molar-refractivity contribution in [3.8, 4) is 11.5 Å². The molecule has 2 heterocycles. The molecule has 0 saturated carbocycles. The summed E-state index contributed by atoms with van der Waals surface area (Å²) in [4.78, 5) is 15.8. The summed E-state index contributed by atoms with van der Waals surface area (Å²) in [6.07, 6.45) is 2.34. The Labute approximate surface area is 262 Å². The highest BCUT2D eigenvalue weighted by molar-refractivity contribution is 5.97. The summed E-state index contributed by atoms with van der Waals surface area (Å²) in [5.41, 5.74) is 2.33. The van der Waals surface area contributed by atoms with E-state index in [1.165, 1.54) is 6.07 Å². The predicted octanol–water partition coefficient (Wildman–Crippen LogP) is 10.2. The molecule has 0 aromatic heterocycles. The van der Waals surface area contributed by atoms with Crippen LogP contribution in [0.15, 0.2) is 84.9 Å². The molecule has 0 aliphatic carbocycles. The second kappa shape index (κ2) is 12.5. The lowest BCUT2D eigenvalue weighted by Gasteiger charge is -2.37. The molecule has 1 atom stereocenters. The fraction of sp³-hybridized carbons (Fsp3) is 0.324. The minimum absolute atomic E-state index is 0.288. The van der Waals surface area contributed by atoms with Gasteiger partial charge in [0.2, 0.25) is 0 Å². The zero-order chi connectivity index (χ0) is 31.6. The van der Waals surface area contributed by atoms with E-state index in [-0.39, 0.29) is 5.69 Å². The van der Waals surface area contributed by atoms with Gasteiger partial charge in [-0.3, -0.25) is 0 Å². The number of esters is 1. The minimum Gasteiger partial charge on any atom is -0.456 e. The van der Waals surface area contributed by atoms with E-state index in [4.69, 9.17) is 9.47 Å². The Hall–Kier alpha value is -4.46.